The van der Waals surface area contributed by atoms with Gasteiger partial charge in [-0.25, -0.2) is 0 Å². The molecular weight excluding hydrogens is 265 g/mol. The smallest absolute Gasteiger partial charge is 0.358 e. The number of aliphatic hydroxyl groups is 2. The summed E-state index contributed by atoms with van der Waals surface area (Å²) in [5.41, 5.74) is 0.508. The monoisotopic (exact) mass is 274 g/mol. The van der Waals surface area contributed by atoms with Crippen molar-refractivity contribution in [3.8, 4) is 11.4 Å². The molecule has 1 aromatic carbocycles. The summed E-state index contributed by atoms with van der Waals surface area (Å²) < 4.78 is 41.6. The van der Waals surface area contributed by atoms with Gasteiger partial charge in [-0.2, -0.15) is 18.2 Å². The second-order valence-electron chi connectivity index (χ2n) is 3.95. The zero-order chi connectivity index (χ0) is 14.1. The molecule has 0 saturated heterocycles. The van der Waals surface area contributed by atoms with Crippen molar-refractivity contribution in [3.05, 3.63) is 36.2 Å². The van der Waals surface area contributed by atoms with E-state index in [1.807, 2.05) is 0 Å². The van der Waals surface area contributed by atoms with Crippen molar-refractivity contribution in [2.24, 2.45) is 0 Å². The number of alkyl halides is 3. The van der Waals surface area contributed by atoms with Gasteiger partial charge in [-0.3, -0.25) is 0 Å². The van der Waals surface area contributed by atoms with Gasteiger partial charge in [0.15, 0.2) is 0 Å². The highest BCUT2D eigenvalue weighted by Crippen LogP contribution is 2.31. The summed E-state index contributed by atoms with van der Waals surface area (Å²) in [5, 5.41) is 21.6. The minimum absolute atomic E-state index is 0.0876. The molecule has 0 bridgehead atoms. The van der Waals surface area contributed by atoms with Crippen LogP contribution in [0.4, 0.5) is 13.2 Å². The zero-order valence-corrected chi connectivity index (χ0v) is 9.42. The number of rotatable bonds is 3. The van der Waals surface area contributed by atoms with Crippen LogP contribution in [0.1, 0.15) is 5.56 Å². The maximum absolute atomic E-state index is 12.4. The highest BCUT2D eigenvalue weighted by Gasteiger charge is 2.52. The average Bonchev–Trinajstić information content (AvgIpc) is 2.80. The number of benzene rings is 1. The SMILES string of the molecule is OC(O)(Cc1cccc(-c2ncon2)c1)C(F)(F)F. The summed E-state index contributed by atoms with van der Waals surface area (Å²) in [7, 11) is 0. The summed E-state index contributed by atoms with van der Waals surface area (Å²) in [5.74, 6) is -3.57. The van der Waals surface area contributed by atoms with E-state index < -0.39 is 18.4 Å². The van der Waals surface area contributed by atoms with Crippen molar-refractivity contribution in [1.29, 1.82) is 0 Å². The van der Waals surface area contributed by atoms with E-state index in [2.05, 4.69) is 14.7 Å². The van der Waals surface area contributed by atoms with Crippen LogP contribution in [0.5, 0.6) is 0 Å². The van der Waals surface area contributed by atoms with Crippen LogP contribution in [0, 0.1) is 0 Å². The largest absolute Gasteiger partial charge is 0.443 e. The minimum Gasteiger partial charge on any atom is -0.358 e. The van der Waals surface area contributed by atoms with Crippen molar-refractivity contribution in [1.82, 2.24) is 10.1 Å². The molecule has 0 aliphatic carbocycles. The predicted octanol–water partition coefficient (Wildman–Crippen LogP) is 1.52. The fourth-order valence-electron chi connectivity index (χ4n) is 1.50. The molecular formula is C11H9F3N2O3. The molecule has 0 aliphatic heterocycles. The third kappa shape index (κ3) is 2.91. The number of hydrogen-bond acceptors (Lipinski definition) is 5. The van der Waals surface area contributed by atoms with E-state index in [0.29, 0.717) is 5.56 Å². The molecule has 0 saturated carbocycles. The molecule has 19 heavy (non-hydrogen) atoms. The molecule has 0 unspecified atom stereocenters. The molecule has 0 radical (unpaired) electrons. The first-order chi connectivity index (χ1) is 8.79. The Kier molecular flexibility index (Phi) is 3.29. The molecule has 1 aromatic heterocycles. The van der Waals surface area contributed by atoms with Crippen LogP contribution in [0.3, 0.4) is 0 Å². The molecule has 0 spiro atoms. The fraction of sp³-hybridized carbons (Fsp3) is 0.273. The maximum atomic E-state index is 12.4. The molecule has 2 rings (SSSR count). The Morgan fingerprint density at radius 2 is 1.95 bits per heavy atom. The fourth-order valence-corrected chi connectivity index (χ4v) is 1.50. The average molecular weight is 274 g/mol. The molecule has 2 aromatic rings. The van der Waals surface area contributed by atoms with Gasteiger partial charge in [0, 0.05) is 12.0 Å². The lowest BCUT2D eigenvalue weighted by molar-refractivity contribution is -0.347. The first kappa shape index (κ1) is 13.5. The molecule has 8 heteroatoms. The summed E-state index contributed by atoms with van der Waals surface area (Å²) in [6.45, 7) is 0. The summed E-state index contributed by atoms with van der Waals surface area (Å²) in [4.78, 5) is 3.75. The summed E-state index contributed by atoms with van der Waals surface area (Å²) in [6, 6.07) is 5.71. The Bertz CT molecular complexity index is 553. The molecule has 0 fully saturated rings. The first-order valence-electron chi connectivity index (χ1n) is 5.17. The van der Waals surface area contributed by atoms with E-state index in [9.17, 15) is 13.2 Å². The molecule has 0 atom stereocenters. The van der Waals surface area contributed by atoms with Gasteiger partial charge in [0.1, 0.15) is 0 Å². The van der Waals surface area contributed by atoms with Crippen molar-refractivity contribution in [2.45, 2.75) is 18.4 Å². The zero-order valence-electron chi connectivity index (χ0n) is 9.42. The second-order valence-corrected chi connectivity index (χ2v) is 3.95. The van der Waals surface area contributed by atoms with Gasteiger partial charge in [-0.1, -0.05) is 23.4 Å². The van der Waals surface area contributed by atoms with Gasteiger partial charge >= 0.3 is 6.18 Å². The lowest BCUT2D eigenvalue weighted by atomic mass is 10.0. The third-order valence-corrected chi connectivity index (χ3v) is 2.45. The Balaban J connectivity index is 2.26. The Morgan fingerprint density at radius 1 is 1.21 bits per heavy atom. The highest BCUT2D eigenvalue weighted by molar-refractivity contribution is 5.55. The van der Waals surface area contributed by atoms with Crippen LogP contribution in [0.2, 0.25) is 0 Å². The minimum atomic E-state index is -5.13. The van der Waals surface area contributed by atoms with Crippen LogP contribution in [0.25, 0.3) is 11.4 Å². The van der Waals surface area contributed by atoms with Crippen LogP contribution in [-0.2, 0) is 6.42 Å². The van der Waals surface area contributed by atoms with Crippen LogP contribution in [0.15, 0.2) is 35.2 Å². The van der Waals surface area contributed by atoms with Gasteiger partial charge in [-0.05, 0) is 11.6 Å². The topological polar surface area (TPSA) is 79.4 Å². The van der Waals surface area contributed by atoms with Gasteiger partial charge in [0.05, 0.1) is 0 Å². The van der Waals surface area contributed by atoms with Crippen LogP contribution in [-0.4, -0.2) is 32.3 Å². The summed E-state index contributed by atoms with van der Waals surface area (Å²) in [6.07, 6.45) is -5.03. The van der Waals surface area contributed by atoms with Crippen molar-refractivity contribution < 1.29 is 27.9 Å². The van der Waals surface area contributed by atoms with Gasteiger partial charge in [0.25, 0.3) is 5.79 Å². The molecule has 2 N–H and O–H groups in total. The van der Waals surface area contributed by atoms with E-state index in [0.717, 1.165) is 6.39 Å². The molecule has 5 nitrogen and oxygen atoms in total. The normalized spacial score (nSPS) is 12.7. The maximum Gasteiger partial charge on any atom is 0.443 e. The molecule has 102 valence electrons. The van der Waals surface area contributed by atoms with Gasteiger partial charge in [0.2, 0.25) is 12.2 Å². The van der Waals surface area contributed by atoms with E-state index in [1.54, 1.807) is 6.07 Å². The number of halogens is 3. The lowest BCUT2D eigenvalue weighted by Gasteiger charge is -2.24. The Morgan fingerprint density at radius 3 is 2.53 bits per heavy atom. The molecule has 0 amide bonds. The van der Waals surface area contributed by atoms with E-state index in [4.69, 9.17) is 10.2 Å². The highest BCUT2D eigenvalue weighted by atomic mass is 19.4. The van der Waals surface area contributed by atoms with Crippen LogP contribution >= 0.6 is 0 Å². The lowest BCUT2D eigenvalue weighted by Crippen LogP contribution is -2.46. The Labute approximate surface area is 105 Å². The van der Waals surface area contributed by atoms with E-state index >= 15 is 0 Å². The van der Waals surface area contributed by atoms with E-state index in [-0.39, 0.29) is 11.4 Å². The van der Waals surface area contributed by atoms with Crippen LogP contribution < -0.4 is 0 Å². The Hall–Kier alpha value is -1.93. The second kappa shape index (κ2) is 4.63. The van der Waals surface area contributed by atoms with Gasteiger partial charge in [-0.15, -0.1) is 0 Å². The standard InChI is InChI=1S/C11H9F3N2O3/c12-11(13,14)10(17,18)5-7-2-1-3-8(4-7)9-15-6-19-16-9/h1-4,6,17-18H,5H2. The quantitative estimate of drug-likeness (QED) is 0.830. The predicted molar refractivity (Wildman–Crippen MR) is 56.7 cm³/mol. The number of hydrogen-bond donors (Lipinski definition) is 2. The van der Waals surface area contributed by atoms with Crippen molar-refractivity contribution in [3.63, 3.8) is 0 Å². The van der Waals surface area contributed by atoms with E-state index in [1.165, 1.54) is 18.2 Å². The summed E-state index contributed by atoms with van der Waals surface area (Å²) >= 11 is 0. The number of nitrogens with zero attached hydrogens (tertiary/aromatic N) is 2. The molecule has 1 heterocycles. The molecule has 0 aliphatic rings. The van der Waals surface area contributed by atoms with Crippen molar-refractivity contribution in [2.75, 3.05) is 0 Å². The first-order valence-corrected chi connectivity index (χ1v) is 5.17. The van der Waals surface area contributed by atoms with Gasteiger partial charge < -0.3 is 14.7 Å². The third-order valence-electron chi connectivity index (χ3n) is 2.45. The number of aromatic nitrogens is 2. The van der Waals surface area contributed by atoms with Crippen molar-refractivity contribution >= 4 is 0 Å².